The Labute approximate surface area is 194 Å². The van der Waals surface area contributed by atoms with Crippen LogP contribution in [0.2, 0.25) is 0 Å². The maximum atomic E-state index is 14.5. The second-order valence-corrected chi connectivity index (χ2v) is 8.53. The molecule has 0 aliphatic carbocycles. The van der Waals surface area contributed by atoms with E-state index in [1.807, 2.05) is 11.0 Å². The molecular weight excluding hydrogens is 446 g/mol. The minimum absolute atomic E-state index is 0.231. The summed E-state index contributed by atoms with van der Waals surface area (Å²) in [6, 6.07) is 6.77. The van der Waals surface area contributed by atoms with Gasteiger partial charge >= 0.3 is 5.97 Å². The number of aromatic nitrogens is 2. The quantitative estimate of drug-likeness (QED) is 0.587. The SMILES string of the molecule is O=C(NOC(=O)C1CCOCC1)c1cnn2ccc(N3CCCC3c3cc(F)ccc3F)cc12. The van der Waals surface area contributed by atoms with Gasteiger partial charge in [-0.05, 0) is 56.0 Å². The molecule has 1 unspecified atom stereocenters. The zero-order valence-corrected chi connectivity index (χ0v) is 18.4. The highest BCUT2D eigenvalue weighted by molar-refractivity contribution is 6.01. The van der Waals surface area contributed by atoms with E-state index >= 15 is 0 Å². The number of nitrogens with one attached hydrogen (secondary N) is 1. The first kappa shape index (κ1) is 22.3. The molecule has 178 valence electrons. The summed E-state index contributed by atoms with van der Waals surface area (Å²) in [6.07, 6.45) is 5.70. The molecule has 0 saturated carbocycles. The summed E-state index contributed by atoms with van der Waals surface area (Å²) >= 11 is 0. The van der Waals surface area contributed by atoms with E-state index in [2.05, 4.69) is 10.6 Å². The van der Waals surface area contributed by atoms with Crippen LogP contribution in [0.1, 0.15) is 47.6 Å². The van der Waals surface area contributed by atoms with Crippen LogP contribution in [0.15, 0.2) is 42.7 Å². The highest BCUT2D eigenvalue weighted by atomic mass is 19.1. The van der Waals surface area contributed by atoms with E-state index in [9.17, 15) is 18.4 Å². The lowest BCUT2D eigenvalue weighted by atomic mass is 10.0. The van der Waals surface area contributed by atoms with E-state index in [-0.39, 0.29) is 17.5 Å². The van der Waals surface area contributed by atoms with Gasteiger partial charge in [0.2, 0.25) is 0 Å². The number of carbonyl (C=O) groups is 2. The molecule has 10 heteroatoms. The number of halogens is 2. The third kappa shape index (κ3) is 4.33. The molecule has 0 bridgehead atoms. The van der Waals surface area contributed by atoms with Gasteiger partial charge in [-0.3, -0.25) is 4.79 Å². The lowest BCUT2D eigenvalue weighted by molar-refractivity contribution is -0.157. The molecule has 2 saturated heterocycles. The van der Waals surface area contributed by atoms with E-state index in [0.29, 0.717) is 50.1 Å². The van der Waals surface area contributed by atoms with Crippen molar-refractivity contribution in [1.82, 2.24) is 15.1 Å². The fourth-order valence-corrected chi connectivity index (χ4v) is 4.66. The predicted molar refractivity (Wildman–Crippen MR) is 118 cm³/mol. The van der Waals surface area contributed by atoms with Gasteiger partial charge in [-0.15, -0.1) is 0 Å². The average molecular weight is 470 g/mol. The number of fused-ring (bicyclic) bond motifs is 1. The van der Waals surface area contributed by atoms with Gasteiger partial charge in [0.15, 0.2) is 0 Å². The molecule has 2 aliphatic heterocycles. The van der Waals surface area contributed by atoms with Crippen molar-refractivity contribution in [3.8, 4) is 0 Å². The lowest BCUT2D eigenvalue weighted by Crippen LogP contribution is -2.33. The van der Waals surface area contributed by atoms with Crippen molar-refractivity contribution >= 4 is 23.1 Å². The number of amides is 1. The first-order valence-electron chi connectivity index (χ1n) is 11.3. The summed E-state index contributed by atoms with van der Waals surface area (Å²) in [5, 5.41) is 4.20. The second-order valence-electron chi connectivity index (χ2n) is 8.53. The molecule has 2 aliphatic rings. The van der Waals surface area contributed by atoms with Crippen LogP contribution < -0.4 is 10.4 Å². The Bertz CT molecular complexity index is 1220. The Kier molecular flexibility index (Phi) is 6.14. The summed E-state index contributed by atoms with van der Waals surface area (Å²) in [5.74, 6) is -2.33. The average Bonchev–Trinajstić information content (AvgIpc) is 3.51. The van der Waals surface area contributed by atoms with Crippen molar-refractivity contribution in [3.05, 3.63) is 65.5 Å². The zero-order chi connectivity index (χ0) is 23.7. The van der Waals surface area contributed by atoms with Gasteiger partial charge < -0.3 is 14.5 Å². The number of carbonyl (C=O) groups excluding carboxylic acids is 2. The van der Waals surface area contributed by atoms with Gasteiger partial charge in [-0.1, -0.05) is 0 Å². The third-order valence-corrected chi connectivity index (χ3v) is 6.45. The number of hydrogen-bond acceptors (Lipinski definition) is 6. The van der Waals surface area contributed by atoms with E-state index < -0.39 is 23.5 Å². The van der Waals surface area contributed by atoms with Gasteiger partial charge in [0.05, 0.1) is 29.2 Å². The van der Waals surface area contributed by atoms with Crippen LogP contribution in [-0.4, -0.2) is 41.2 Å². The van der Waals surface area contributed by atoms with Crippen LogP contribution in [0.5, 0.6) is 0 Å². The Morgan fingerprint density at radius 1 is 1.12 bits per heavy atom. The van der Waals surface area contributed by atoms with Crippen molar-refractivity contribution in [3.63, 3.8) is 0 Å². The van der Waals surface area contributed by atoms with E-state index in [0.717, 1.165) is 24.2 Å². The molecule has 0 spiro atoms. The maximum Gasteiger partial charge on any atom is 0.335 e. The number of ether oxygens (including phenoxy) is 1. The van der Waals surface area contributed by atoms with Crippen molar-refractivity contribution in [2.24, 2.45) is 5.92 Å². The third-order valence-electron chi connectivity index (χ3n) is 6.45. The standard InChI is InChI=1S/C24H24F2N4O4/c25-16-3-4-20(26)18(12-16)21-2-1-8-29(21)17-5-9-30-22(13-17)19(14-27-30)23(31)28-34-24(32)15-6-10-33-11-7-15/h3-5,9,12-15,21H,1-2,6-8,10-11H2,(H,28,31). The van der Waals surface area contributed by atoms with Gasteiger partial charge in [0.1, 0.15) is 11.6 Å². The zero-order valence-electron chi connectivity index (χ0n) is 18.4. The van der Waals surface area contributed by atoms with Crippen molar-refractivity contribution in [2.75, 3.05) is 24.7 Å². The first-order chi connectivity index (χ1) is 16.5. The molecule has 3 aromatic rings. The number of benzene rings is 1. The minimum Gasteiger partial charge on any atom is -0.381 e. The number of hydroxylamine groups is 1. The largest absolute Gasteiger partial charge is 0.381 e. The molecule has 1 N–H and O–H groups in total. The summed E-state index contributed by atoms with van der Waals surface area (Å²) in [7, 11) is 0. The number of pyridine rings is 1. The van der Waals surface area contributed by atoms with Gasteiger partial charge in [0.25, 0.3) is 5.91 Å². The lowest BCUT2D eigenvalue weighted by Gasteiger charge is -2.27. The predicted octanol–water partition coefficient (Wildman–Crippen LogP) is 3.57. The van der Waals surface area contributed by atoms with E-state index in [4.69, 9.17) is 9.57 Å². The fourth-order valence-electron chi connectivity index (χ4n) is 4.66. The summed E-state index contributed by atoms with van der Waals surface area (Å²) in [4.78, 5) is 32.0. The molecular formula is C24H24F2N4O4. The van der Waals surface area contributed by atoms with Crippen molar-refractivity contribution in [2.45, 2.75) is 31.7 Å². The molecule has 8 nitrogen and oxygen atoms in total. The smallest absolute Gasteiger partial charge is 0.335 e. The fraction of sp³-hybridized carbons (Fsp3) is 0.375. The Balaban J connectivity index is 1.36. The summed E-state index contributed by atoms with van der Waals surface area (Å²) in [5.41, 5.74) is 4.02. The van der Waals surface area contributed by atoms with Crippen LogP contribution in [-0.2, 0) is 14.4 Å². The first-order valence-corrected chi connectivity index (χ1v) is 11.3. The molecule has 2 aromatic heterocycles. The molecule has 1 amide bonds. The van der Waals surface area contributed by atoms with Crippen LogP contribution in [0.3, 0.4) is 0 Å². The molecule has 4 heterocycles. The summed E-state index contributed by atoms with van der Waals surface area (Å²) < 4.78 is 35.0. The Morgan fingerprint density at radius 3 is 2.76 bits per heavy atom. The summed E-state index contributed by atoms with van der Waals surface area (Å²) in [6.45, 7) is 1.64. The van der Waals surface area contributed by atoms with Gasteiger partial charge in [0, 0.05) is 37.2 Å². The highest BCUT2D eigenvalue weighted by Gasteiger charge is 2.30. The Hall–Kier alpha value is -3.53. The maximum absolute atomic E-state index is 14.5. The monoisotopic (exact) mass is 470 g/mol. The number of nitrogens with zero attached hydrogens (tertiary/aromatic N) is 3. The topological polar surface area (TPSA) is 85.2 Å². The molecule has 2 fully saturated rings. The van der Waals surface area contributed by atoms with Crippen LogP contribution in [0.25, 0.3) is 5.52 Å². The van der Waals surface area contributed by atoms with Crippen LogP contribution >= 0.6 is 0 Å². The molecule has 5 rings (SSSR count). The normalized spacial score (nSPS) is 18.9. The van der Waals surface area contributed by atoms with Crippen LogP contribution in [0.4, 0.5) is 14.5 Å². The Morgan fingerprint density at radius 2 is 1.94 bits per heavy atom. The number of rotatable bonds is 4. The molecule has 0 radical (unpaired) electrons. The van der Waals surface area contributed by atoms with Crippen molar-refractivity contribution < 1.29 is 27.9 Å². The van der Waals surface area contributed by atoms with Crippen LogP contribution in [0, 0.1) is 17.6 Å². The van der Waals surface area contributed by atoms with Gasteiger partial charge in [-0.25, -0.2) is 18.1 Å². The molecule has 34 heavy (non-hydrogen) atoms. The van der Waals surface area contributed by atoms with Crippen molar-refractivity contribution in [1.29, 1.82) is 0 Å². The number of anilines is 1. The molecule has 1 atom stereocenters. The second kappa shape index (κ2) is 9.38. The minimum atomic E-state index is -0.596. The van der Waals surface area contributed by atoms with E-state index in [1.54, 1.807) is 12.3 Å². The molecule has 1 aromatic carbocycles. The highest BCUT2D eigenvalue weighted by Crippen LogP contribution is 2.38. The van der Waals surface area contributed by atoms with E-state index in [1.165, 1.54) is 16.8 Å². The van der Waals surface area contributed by atoms with Gasteiger partial charge in [-0.2, -0.15) is 10.6 Å². The number of hydrogen-bond donors (Lipinski definition) is 1.